The van der Waals surface area contributed by atoms with Crippen LogP contribution in [0.15, 0.2) is 0 Å². The van der Waals surface area contributed by atoms with Gasteiger partial charge < -0.3 is 10.0 Å². The average molecular weight is 228 g/mol. The second-order valence-corrected chi connectivity index (χ2v) is 4.49. The van der Waals surface area contributed by atoms with Gasteiger partial charge in [0.1, 0.15) is 0 Å². The van der Waals surface area contributed by atoms with Gasteiger partial charge in [0.15, 0.2) is 0 Å². The van der Waals surface area contributed by atoms with Gasteiger partial charge in [0, 0.05) is 38.8 Å². The number of hydrogen-bond donors (Lipinski definition) is 1. The van der Waals surface area contributed by atoms with E-state index in [1.807, 2.05) is 0 Å². The van der Waals surface area contributed by atoms with Crippen LogP contribution in [-0.4, -0.2) is 59.6 Å². The second-order valence-electron chi connectivity index (χ2n) is 4.49. The van der Waals surface area contributed by atoms with E-state index in [1.165, 1.54) is 12.8 Å². The van der Waals surface area contributed by atoms with Crippen molar-refractivity contribution in [3.8, 4) is 0 Å². The molecular formula is C12H24N2O2. The van der Waals surface area contributed by atoms with Gasteiger partial charge in [-0.1, -0.05) is 13.8 Å². The van der Waals surface area contributed by atoms with Gasteiger partial charge in [0.25, 0.3) is 0 Å². The van der Waals surface area contributed by atoms with Crippen LogP contribution in [0.25, 0.3) is 0 Å². The van der Waals surface area contributed by atoms with Crippen LogP contribution in [0.3, 0.4) is 0 Å². The maximum Gasteiger partial charge on any atom is 0.304 e. The molecule has 1 rings (SSSR count). The summed E-state index contributed by atoms with van der Waals surface area (Å²) >= 11 is 0. The quantitative estimate of drug-likeness (QED) is 0.743. The third-order valence-electron chi connectivity index (χ3n) is 3.51. The summed E-state index contributed by atoms with van der Waals surface area (Å²) in [5.74, 6) is -0.692. The molecule has 94 valence electrons. The highest BCUT2D eigenvalue weighted by atomic mass is 16.4. The van der Waals surface area contributed by atoms with E-state index in [4.69, 9.17) is 5.11 Å². The molecule has 0 aromatic carbocycles. The van der Waals surface area contributed by atoms with Gasteiger partial charge in [-0.05, 0) is 12.8 Å². The summed E-state index contributed by atoms with van der Waals surface area (Å²) in [6.07, 6.45) is 2.70. The molecule has 0 atom stereocenters. The lowest BCUT2D eigenvalue weighted by atomic mass is 10.1. The molecule has 0 aromatic heterocycles. The van der Waals surface area contributed by atoms with Crippen molar-refractivity contribution in [1.82, 2.24) is 9.80 Å². The first-order valence-corrected chi connectivity index (χ1v) is 6.35. The van der Waals surface area contributed by atoms with E-state index in [2.05, 4.69) is 23.6 Å². The largest absolute Gasteiger partial charge is 0.481 e. The molecule has 0 amide bonds. The summed E-state index contributed by atoms with van der Waals surface area (Å²) < 4.78 is 0. The minimum absolute atomic E-state index is 0.269. The minimum atomic E-state index is -0.692. The molecular weight excluding hydrogens is 204 g/mol. The summed E-state index contributed by atoms with van der Waals surface area (Å²) in [5.41, 5.74) is 0. The SMILES string of the molecule is CCC(CC)N1CCN(CCC(=O)O)CC1. The highest BCUT2D eigenvalue weighted by molar-refractivity contribution is 5.66. The predicted octanol–water partition coefficient (Wildman–Crippen LogP) is 1.27. The zero-order valence-corrected chi connectivity index (χ0v) is 10.5. The topological polar surface area (TPSA) is 43.8 Å². The van der Waals surface area contributed by atoms with Gasteiger partial charge in [0.05, 0.1) is 6.42 Å². The van der Waals surface area contributed by atoms with Crippen molar-refractivity contribution in [2.24, 2.45) is 0 Å². The zero-order valence-electron chi connectivity index (χ0n) is 10.5. The van der Waals surface area contributed by atoms with Crippen molar-refractivity contribution in [3.05, 3.63) is 0 Å². The van der Waals surface area contributed by atoms with E-state index >= 15 is 0 Å². The first kappa shape index (κ1) is 13.5. The Balaban J connectivity index is 2.25. The molecule has 1 N–H and O–H groups in total. The van der Waals surface area contributed by atoms with Crippen LogP contribution >= 0.6 is 0 Å². The molecule has 0 aromatic rings. The summed E-state index contributed by atoms with van der Waals surface area (Å²) in [6.45, 7) is 9.40. The van der Waals surface area contributed by atoms with Crippen LogP contribution < -0.4 is 0 Å². The van der Waals surface area contributed by atoms with E-state index in [-0.39, 0.29) is 6.42 Å². The first-order chi connectivity index (χ1) is 7.67. The molecule has 0 aliphatic carbocycles. The van der Waals surface area contributed by atoms with E-state index in [0.29, 0.717) is 12.6 Å². The van der Waals surface area contributed by atoms with Gasteiger partial charge in [0.2, 0.25) is 0 Å². The lowest BCUT2D eigenvalue weighted by Gasteiger charge is -2.38. The van der Waals surface area contributed by atoms with Crippen molar-refractivity contribution < 1.29 is 9.90 Å². The molecule has 0 unspecified atom stereocenters. The second kappa shape index (κ2) is 6.86. The monoisotopic (exact) mass is 228 g/mol. The molecule has 1 saturated heterocycles. The molecule has 1 aliphatic rings. The lowest BCUT2D eigenvalue weighted by molar-refractivity contribution is -0.137. The predicted molar refractivity (Wildman–Crippen MR) is 64.6 cm³/mol. The van der Waals surface area contributed by atoms with Crippen molar-refractivity contribution in [1.29, 1.82) is 0 Å². The highest BCUT2D eigenvalue weighted by Crippen LogP contribution is 2.12. The van der Waals surface area contributed by atoms with Crippen molar-refractivity contribution >= 4 is 5.97 Å². The number of nitrogens with zero attached hydrogens (tertiary/aromatic N) is 2. The van der Waals surface area contributed by atoms with Crippen LogP contribution in [-0.2, 0) is 4.79 Å². The molecule has 0 radical (unpaired) electrons. The molecule has 4 heteroatoms. The Morgan fingerprint density at radius 3 is 2.19 bits per heavy atom. The number of hydrogen-bond acceptors (Lipinski definition) is 3. The molecule has 16 heavy (non-hydrogen) atoms. The number of carbonyl (C=O) groups is 1. The Morgan fingerprint density at radius 1 is 1.19 bits per heavy atom. The number of aliphatic carboxylic acids is 1. The summed E-state index contributed by atoms with van der Waals surface area (Å²) in [6, 6.07) is 0.710. The first-order valence-electron chi connectivity index (χ1n) is 6.35. The molecule has 0 spiro atoms. The fourth-order valence-electron chi connectivity index (χ4n) is 2.41. The van der Waals surface area contributed by atoms with E-state index < -0.39 is 5.97 Å². The van der Waals surface area contributed by atoms with Crippen LogP contribution in [0.2, 0.25) is 0 Å². The average Bonchev–Trinajstić information content (AvgIpc) is 2.29. The minimum Gasteiger partial charge on any atom is -0.481 e. The number of carboxylic acid groups (broad SMARTS) is 1. The molecule has 0 saturated carbocycles. The van der Waals surface area contributed by atoms with Crippen molar-refractivity contribution in [2.45, 2.75) is 39.2 Å². The third kappa shape index (κ3) is 4.10. The van der Waals surface area contributed by atoms with Crippen molar-refractivity contribution in [2.75, 3.05) is 32.7 Å². The van der Waals surface area contributed by atoms with Gasteiger partial charge >= 0.3 is 5.97 Å². The maximum absolute atomic E-state index is 10.5. The number of carboxylic acids is 1. The summed E-state index contributed by atoms with van der Waals surface area (Å²) in [4.78, 5) is 15.3. The van der Waals surface area contributed by atoms with Gasteiger partial charge in [-0.3, -0.25) is 9.69 Å². The van der Waals surface area contributed by atoms with E-state index in [1.54, 1.807) is 0 Å². The maximum atomic E-state index is 10.5. The molecule has 1 heterocycles. The van der Waals surface area contributed by atoms with E-state index in [9.17, 15) is 4.79 Å². The van der Waals surface area contributed by atoms with Crippen LogP contribution in [0.5, 0.6) is 0 Å². The van der Waals surface area contributed by atoms with E-state index in [0.717, 1.165) is 26.2 Å². The fourth-order valence-corrected chi connectivity index (χ4v) is 2.41. The van der Waals surface area contributed by atoms with Gasteiger partial charge in [-0.25, -0.2) is 0 Å². The zero-order chi connectivity index (χ0) is 12.0. The Labute approximate surface area is 98.2 Å². The smallest absolute Gasteiger partial charge is 0.304 e. The summed E-state index contributed by atoms with van der Waals surface area (Å²) in [7, 11) is 0. The van der Waals surface area contributed by atoms with Gasteiger partial charge in [-0.15, -0.1) is 0 Å². The standard InChI is InChI=1S/C12H24N2O2/c1-3-11(4-2)14-9-7-13(8-10-14)6-5-12(15)16/h11H,3-10H2,1-2H3,(H,15,16). The third-order valence-corrected chi connectivity index (χ3v) is 3.51. The van der Waals surface area contributed by atoms with Gasteiger partial charge in [-0.2, -0.15) is 0 Å². The summed E-state index contributed by atoms with van der Waals surface area (Å²) in [5, 5.41) is 8.62. The molecule has 4 nitrogen and oxygen atoms in total. The Morgan fingerprint density at radius 2 is 1.75 bits per heavy atom. The lowest BCUT2D eigenvalue weighted by Crippen LogP contribution is -2.50. The Hall–Kier alpha value is -0.610. The molecule has 0 bridgehead atoms. The molecule has 1 fully saturated rings. The Bertz CT molecular complexity index is 209. The van der Waals surface area contributed by atoms with Crippen LogP contribution in [0, 0.1) is 0 Å². The normalized spacial score (nSPS) is 19.2. The van der Waals surface area contributed by atoms with Crippen LogP contribution in [0.4, 0.5) is 0 Å². The number of piperazine rings is 1. The van der Waals surface area contributed by atoms with Crippen molar-refractivity contribution in [3.63, 3.8) is 0 Å². The number of rotatable bonds is 6. The Kier molecular flexibility index (Phi) is 5.77. The molecule has 1 aliphatic heterocycles. The highest BCUT2D eigenvalue weighted by Gasteiger charge is 2.21. The fraction of sp³-hybridized carbons (Fsp3) is 0.917. The van der Waals surface area contributed by atoms with Crippen LogP contribution in [0.1, 0.15) is 33.1 Å².